The van der Waals surface area contributed by atoms with Gasteiger partial charge in [-0.15, -0.1) is 0 Å². The Labute approximate surface area is 166 Å². The van der Waals surface area contributed by atoms with Crippen LogP contribution >= 0.6 is 0 Å². The van der Waals surface area contributed by atoms with E-state index in [2.05, 4.69) is 24.3 Å². The van der Waals surface area contributed by atoms with Crippen LogP contribution in [-0.4, -0.2) is 24.3 Å². The fourth-order valence-electron chi connectivity index (χ4n) is 3.21. The van der Waals surface area contributed by atoms with Crippen molar-refractivity contribution in [1.82, 2.24) is 0 Å². The highest BCUT2D eigenvalue weighted by molar-refractivity contribution is 5.91. The second-order valence-corrected chi connectivity index (χ2v) is 6.76. The van der Waals surface area contributed by atoms with E-state index >= 15 is 0 Å². The maximum absolute atomic E-state index is 12.2. The van der Waals surface area contributed by atoms with Crippen LogP contribution in [0.25, 0.3) is 22.3 Å². The van der Waals surface area contributed by atoms with Crippen LogP contribution in [0.5, 0.6) is 0 Å². The van der Waals surface area contributed by atoms with Gasteiger partial charge in [-0.3, -0.25) is 0 Å². The van der Waals surface area contributed by atoms with Gasteiger partial charge in [-0.05, 0) is 53.6 Å². The van der Waals surface area contributed by atoms with Crippen LogP contribution in [0.15, 0.2) is 78.9 Å². The monoisotopic (exact) mass is 374 g/mol. The van der Waals surface area contributed by atoms with Gasteiger partial charge >= 0.3 is 5.97 Å². The Kier molecular flexibility index (Phi) is 7.39. The van der Waals surface area contributed by atoms with Gasteiger partial charge in [0, 0.05) is 6.61 Å². The lowest BCUT2D eigenvalue weighted by Crippen LogP contribution is -2.06. The molecular weight excluding hydrogens is 348 g/mol. The normalized spacial score (nSPS) is 10.6. The Balaban J connectivity index is 1.66. The average Bonchev–Trinajstić information content (AvgIpc) is 2.77. The largest absolute Gasteiger partial charge is 0.462 e. The molecule has 0 atom stereocenters. The minimum absolute atomic E-state index is 0.222. The minimum atomic E-state index is -0.287. The first-order valence-corrected chi connectivity index (χ1v) is 9.82. The van der Waals surface area contributed by atoms with Crippen LogP contribution in [0.1, 0.15) is 36.0 Å². The van der Waals surface area contributed by atoms with Crippen molar-refractivity contribution in [2.75, 3.05) is 13.2 Å². The number of unbranched alkanes of at least 4 members (excludes halogenated alkanes) is 3. The molecule has 0 aliphatic rings. The highest BCUT2D eigenvalue weighted by Gasteiger charge is 2.10. The smallest absolute Gasteiger partial charge is 0.338 e. The molecule has 144 valence electrons. The standard InChI is InChI=1S/C25H26O3/c26-18-8-1-2-9-19-28-25(27)22-16-14-21(15-17-22)24-13-7-6-12-23(24)20-10-4-3-5-11-20/h3-7,10-17,26H,1-2,8-9,18-19H2. The molecule has 0 aliphatic heterocycles. The number of carbonyl (C=O) groups excluding carboxylic acids is 1. The molecule has 1 N–H and O–H groups in total. The average molecular weight is 374 g/mol. The van der Waals surface area contributed by atoms with Crippen molar-refractivity contribution in [3.05, 3.63) is 84.4 Å². The van der Waals surface area contributed by atoms with E-state index in [0.717, 1.165) is 36.8 Å². The summed E-state index contributed by atoms with van der Waals surface area (Å²) in [4.78, 5) is 12.2. The van der Waals surface area contributed by atoms with Gasteiger partial charge < -0.3 is 9.84 Å². The minimum Gasteiger partial charge on any atom is -0.462 e. The zero-order valence-electron chi connectivity index (χ0n) is 16.0. The summed E-state index contributed by atoms with van der Waals surface area (Å²) in [5.74, 6) is -0.287. The number of benzene rings is 3. The zero-order chi connectivity index (χ0) is 19.6. The van der Waals surface area contributed by atoms with Gasteiger partial charge in [0.25, 0.3) is 0 Å². The van der Waals surface area contributed by atoms with Gasteiger partial charge in [0.05, 0.1) is 12.2 Å². The Morgan fingerprint density at radius 2 is 1.25 bits per heavy atom. The zero-order valence-corrected chi connectivity index (χ0v) is 16.0. The lowest BCUT2D eigenvalue weighted by molar-refractivity contribution is 0.0497. The van der Waals surface area contributed by atoms with Crippen molar-refractivity contribution < 1.29 is 14.6 Å². The van der Waals surface area contributed by atoms with Crippen LogP contribution in [-0.2, 0) is 4.74 Å². The van der Waals surface area contributed by atoms with E-state index in [4.69, 9.17) is 9.84 Å². The second-order valence-electron chi connectivity index (χ2n) is 6.76. The molecule has 3 aromatic carbocycles. The van der Waals surface area contributed by atoms with Gasteiger partial charge in [0.1, 0.15) is 0 Å². The molecule has 0 aromatic heterocycles. The molecule has 0 saturated carbocycles. The lowest BCUT2D eigenvalue weighted by Gasteiger charge is -2.11. The van der Waals surface area contributed by atoms with Crippen molar-refractivity contribution in [3.63, 3.8) is 0 Å². The molecule has 0 heterocycles. The summed E-state index contributed by atoms with van der Waals surface area (Å²) in [6, 6.07) is 26.2. The maximum atomic E-state index is 12.2. The molecule has 3 nitrogen and oxygen atoms in total. The van der Waals surface area contributed by atoms with Crippen molar-refractivity contribution in [3.8, 4) is 22.3 Å². The van der Waals surface area contributed by atoms with Crippen LogP contribution < -0.4 is 0 Å². The van der Waals surface area contributed by atoms with Gasteiger partial charge in [0.2, 0.25) is 0 Å². The van der Waals surface area contributed by atoms with Crippen molar-refractivity contribution in [2.24, 2.45) is 0 Å². The van der Waals surface area contributed by atoms with Gasteiger partial charge in [-0.2, -0.15) is 0 Å². The second kappa shape index (κ2) is 10.4. The molecule has 3 heteroatoms. The van der Waals surface area contributed by atoms with E-state index in [9.17, 15) is 4.79 Å². The highest BCUT2D eigenvalue weighted by Crippen LogP contribution is 2.32. The number of ether oxygens (including phenoxy) is 1. The number of rotatable bonds is 9. The van der Waals surface area contributed by atoms with E-state index in [0.29, 0.717) is 12.2 Å². The number of carbonyl (C=O) groups is 1. The summed E-state index contributed by atoms with van der Waals surface area (Å²) >= 11 is 0. The quantitative estimate of drug-likeness (QED) is 0.384. The Hall–Kier alpha value is -2.91. The molecule has 3 rings (SSSR count). The summed E-state index contributed by atoms with van der Waals surface area (Å²) in [5.41, 5.74) is 5.11. The van der Waals surface area contributed by atoms with Crippen LogP contribution in [0.2, 0.25) is 0 Å². The molecule has 0 radical (unpaired) electrons. The Morgan fingerprint density at radius 1 is 0.679 bits per heavy atom. The number of hydrogen-bond donors (Lipinski definition) is 1. The van der Waals surface area contributed by atoms with E-state index in [1.165, 1.54) is 11.1 Å². The molecule has 3 aromatic rings. The van der Waals surface area contributed by atoms with Crippen molar-refractivity contribution in [2.45, 2.75) is 25.7 Å². The first-order valence-electron chi connectivity index (χ1n) is 9.82. The molecule has 0 amide bonds. The van der Waals surface area contributed by atoms with Gasteiger partial charge in [-0.25, -0.2) is 4.79 Å². The number of esters is 1. The van der Waals surface area contributed by atoms with Gasteiger partial charge in [0.15, 0.2) is 0 Å². The van der Waals surface area contributed by atoms with E-state index < -0.39 is 0 Å². The Bertz CT molecular complexity index is 870. The number of hydrogen-bond acceptors (Lipinski definition) is 3. The molecule has 0 aliphatic carbocycles. The fraction of sp³-hybridized carbons (Fsp3) is 0.240. The summed E-state index contributed by atoms with van der Waals surface area (Å²) in [6.45, 7) is 0.641. The maximum Gasteiger partial charge on any atom is 0.338 e. The predicted octanol–water partition coefficient (Wildman–Crippen LogP) is 5.73. The van der Waals surface area contributed by atoms with E-state index in [1.807, 2.05) is 54.6 Å². The summed E-state index contributed by atoms with van der Waals surface area (Å²) in [6.07, 6.45) is 3.56. The molecule has 0 bridgehead atoms. The molecular formula is C25H26O3. The molecule has 0 spiro atoms. The molecule has 0 saturated heterocycles. The number of aliphatic hydroxyl groups is 1. The third-order valence-corrected chi connectivity index (χ3v) is 4.73. The van der Waals surface area contributed by atoms with E-state index in [1.54, 1.807) is 0 Å². The van der Waals surface area contributed by atoms with Crippen LogP contribution in [0.4, 0.5) is 0 Å². The lowest BCUT2D eigenvalue weighted by atomic mass is 9.94. The molecule has 28 heavy (non-hydrogen) atoms. The predicted molar refractivity (Wildman–Crippen MR) is 113 cm³/mol. The van der Waals surface area contributed by atoms with Crippen molar-refractivity contribution in [1.29, 1.82) is 0 Å². The highest BCUT2D eigenvalue weighted by atomic mass is 16.5. The number of aliphatic hydroxyl groups excluding tert-OH is 1. The Morgan fingerprint density at radius 3 is 1.89 bits per heavy atom. The van der Waals surface area contributed by atoms with Crippen LogP contribution in [0, 0.1) is 0 Å². The van der Waals surface area contributed by atoms with Crippen molar-refractivity contribution >= 4 is 5.97 Å². The third-order valence-electron chi connectivity index (χ3n) is 4.73. The topological polar surface area (TPSA) is 46.5 Å². The summed E-state index contributed by atoms with van der Waals surface area (Å²) in [5, 5.41) is 8.76. The first-order chi connectivity index (χ1) is 13.8. The fourth-order valence-corrected chi connectivity index (χ4v) is 3.21. The van der Waals surface area contributed by atoms with E-state index in [-0.39, 0.29) is 12.6 Å². The third kappa shape index (κ3) is 5.30. The molecule has 0 unspecified atom stereocenters. The van der Waals surface area contributed by atoms with Gasteiger partial charge in [-0.1, -0.05) is 73.2 Å². The summed E-state index contributed by atoms with van der Waals surface area (Å²) in [7, 11) is 0. The summed E-state index contributed by atoms with van der Waals surface area (Å²) < 4.78 is 5.35. The molecule has 0 fully saturated rings. The van der Waals surface area contributed by atoms with Crippen LogP contribution in [0.3, 0.4) is 0 Å². The first kappa shape index (κ1) is 19.8. The SMILES string of the molecule is O=C(OCCCCCCO)c1ccc(-c2ccccc2-c2ccccc2)cc1.